The number of hydrogen-bond donors (Lipinski definition) is 2. The van der Waals surface area contributed by atoms with Crippen LogP contribution < -0.4 is 15.8 Å². The van der Waals surface area contributed by atoms with E-state index in [1.807, 2.05) is 13.0 Å². The average molecular weight is 453 g/mol. The summed E-state index contributed by atoms with van der Waals surface area (Å²) in [5.41, 5.74) is 2.39. The molecule has 2 N–H and O–H groups in total. The van der Waals surface area contributed by atoms with Crippen molar-refractivity contribution in [1.82, 2.24) is 9.38 Å². The molecule has 0 amide bonds. The summed E-state index contributed by atoms with van der Waals surface area (Å²) < 4.78 is 15.5. The monoisotopic (exact) mass is 452 g/mol. The predicted octanol–water partition coefficient (Wildman–Crippen LogP) is 4.12. The summed E-state index contributed by atoms with van der Waals surface area (Å²) in [5.74, 6) is -1.41. The van der Waals surface area contributed by atoms with Crippen molar-refractivity contribution in [3.05, 3.63) is 69.4 Å². The van der Waals surface area contributed by atoms with Crippen LogP contribution in [0.5, 0.6) is 0 Å². The Kier molecular flexibility index (Phi) is 6.10. The standard InChI is InChI=1S/C25H29FN4O3/c1-16-13-17(7-10-27-19-6-4-5-18(26)22(19)24(32)33)23-28-20(14-21(31)30(23)15-16)29-11-8-25(2,3)9-12-29/h4-6,13-15,27H,7-12H2,1-3H3,(H,32,33). The Morgan fingerprint density at radius 1 is 1.24 bits per heavy atom. The van der Waals surface area contributed by atoms with E-state index in [4.69, 9.17) is 4.98 Å². The number of fused-ring (bicyclic) bond motifs is 1. The number of piperidine rings is 1. The van der Waals surface area contributed by atoms with Crippen LogP contribution in [0.15, 0.2) is 41.3 Å². The average Bonchev–Trinajstić information content (AvgIpc) is 2.74. The number of anilines is 2. The SMILES string of the molecule is Cc1cc(CCNc2cccc(F)c2C(=O)O)c2nc(N3CCC(C)(C)CC3)cc(=O)n2c1. The number of rotatable bonds is 6. The topological polar surface area (TPSA) is 86.9 Å². The number of carboxylic acids is 1. The molecule has 1 aliphatic heterocycles. The van der Waals surface area contributed by atoms with Crippen molar-refractivity contribution in [2.45, 2.75) is 40.0 Å². The minimum atomic E-state index is -1.32. The van der Waals surface area contributed by atoms with Crippen LogP contribution in [-0.4, -0.2) is 40.1 Å². The minimum absolute atomic E-state index is 0.129. The second-order valence-electron chi connectivity index (χ2n) is 9.48. The van der Waals surface area contributed by atoms with Gasteiger partial charge in [-0.1, -0.05) is 26.0 Å². The molecule has 0 radical (unpaired) electrons. The number of nitrogens with zero attached hydrogens (tertiary/aromatic N) is 3. The maximum atomic E-state index is 14.0. The van der Waals surface area contributed by atoms with Crippen LogP contribution in [0.25, 0.3) is 5.65 Å². The van der Waals surface area contributed by atoms with E-state index in [0.717, 1.165) is 43.1 Å². The molecule has 0 bridgehead atoms. The van der Waals surface area contributed by atoms with Gasteiger partial charge in [-0.15, -0.1) is 0 Å². The third-order valence-corrected chi connectivity index (χ3v) is 6.34. The lowest BCUT2D eigenvalue weighted by atomic mass is 9.83. The number of carbonyl (C=O) groups is 1. The Morgan fingerprint density at radius 3 is 2.67 bits per heavy atom. The highest BCUT2D eigenvalue weighted by molar-refractivity contribution is 5.94. The van der Waals surface area contributed by atoms with Crippen molar-refractivity contribution in [1.29, 1.82) is 0 Å². The minimum Gasteiger partial charge on any atom is -0.478 e. The molecule has 1 aromatic carbocycles. The first-order valence-electron chi connectivity index (χ1n) is 11.2. The second kappa shape index (κ2) is 8.84. The van der Waals surface area contributed by atoms with Crippen molar-refractivity contribution >= 4 is 23.1 Å². The molecule has 3 heterocycles. The first-order chi connectivity index (χ1) is 15.6. The van der Waals surface area contributed by atoms with Gasteiger partial charge in [0.25, 0.3) is 5.56 Å². The molecule has 0 spiro atoms. The van der Waals surface area contributed by atoms with Crippen LogP contribution >= 0.6 is 0 Å². The van der Waals surface area contributed by atoms with Gasteiger partial charge < -0.3 is 15.3 Å². The summed E-state index contributed by atoms with van der Waals surface area (Å²) in [6, 6.07) is 7.72. The van der Waals surface area contributed by atoms with Crippen LogP contribution in [-0.2, 0) is 6.42 Å². The van der Waals surface area contributed by atoms with E-state index in [1.54, 1.807) is 22.7 Å². The molecule has 0 atom stereocenters. The van der Waals surface area contributed by atoms with Crippen molar-refractivity contribution in [3.8, 4) is 0 Å². The van der Waals surface area contributed by atoms with E-state index in [-0.39, 0.29) is 16.8 Å². The van der Waals surface area contributed by atoms with Gasteiger partial charge in [0, 0.05) is 31.9 Å². The van der Waals surface area contributed by atoms with Crippen molar-refractivity contribution < 1.29 is 14.3 Å². The van der Waals surface area contributed by atoms with Crippen molar-refractivity contribution in [3.63, 3.8) is 0 Å². The highest BCUT2D eigenvalue weighted by atomic mass is 19.1. The maximum absolute atomic E-state index is 14.0. The number of aryl methyl sites for hydroxylation is 1. The largest absolute Gasteiger partial charge is 0.478 e. The van der Waals surface area contributed by atoms with Gasteiger partial charge in [0.15, 0.2) is 0 Å². The number of aromatic nitrogens is 2. The number of halogens is 1. The predicted molar refractivity (Wildman–Crippen MR) is 127 cm³/mol. The van der Waals surface area contributed by atoms with E-state index in [2.05, 4.69) is 24.1 Å². The zero-order valence-corrected chi connectivity index (χ0v) is 19.2. The fourth-order valence-electron chi connectivity index (χ4n) is 4.32. The quantitative estimate of drug-likeness (QED) is 0.585. The van der Waals surface area contributed by atoms with Crippen LogP contribution in [0.1, 0.15) is 48.2 Å². The molecule has 1 aliphatic rings. The molecule has 0 unspecified atom stereocenters. The molecule has 1 fully saturated rings. The zero-order chi connectivity index (χ0) is 23.8. The smallest absolute Gasteiger partial charge is 0.340 e. The molecule has 0 aliphatic carbocycles. The molecule has 0 saturated carbocycles. The number of carboxylic acid groups (broad SMARTS) is 1. The molecule has 1 saturated heterocycles. The lowest BCUT2D eigenvalue weighted by Gasteiger charge is -2.37. The Morgan fingerprint density at radius 2 is 1.97 bits per heavy atom. The summed E-state index contributed by atoms with van der Waals surface area (Å²) in [5, 5.41) is 12.3. The summed E-state index contributed by atoms with van der Waals surface area (Å²) in [7, 11) is 0. The van der Waals surface area contributed by atoms with Gasteiger partial charge in [-0.25, -0.2) is 14.2 Å². The van der Waals surface area contributed by atoms with Gasteiger partial charge in [-0.05, 0) is 54.9 Å². The molecule has 4 rings (SSSR count). The molecular formula is C25H29FN4O3. The van der Waals surface area contributed by atoms with Gasteiger partial charge in [-0.3, -0.25) is 9.20 Å². The van der Waals surface area contributed by atoms with Gasteiger partial charge in [0.05, 0.1) is 5.69 Å². The molecule has 33 heavy (non-hydrogen) atoms. The van der Waals surface area contributed by atoms with Crippen molar-refractivity contribution in [2.24, 2.45) is 5.41 Å². The Hall–Kier alpha value is -3.42. The molecule has 2 aromatic heterocycles. The Labute approximate surface area is 191 Å². The lowest BCUT2D eigenvalue weighted by Crippen LogP contribution is -2.38. The van der Waals surface area contributed by atoms with Crippen LogP contribution in [0, 0.1) is 18.2 Å². The fraction of sp³-hybridized carbons (Fsp3) is 0.400. The molecule has 7 nitrogen and oxygen atoms in total. The second-order valence-corrected chi connectivity index (χ2v) is 9.48. The highest BCUT2D eigenvalue weighted by Crippen LogP contribution is 2.31. The first kappa shape index (κ1) is 22.8. The normalized spacial score (nSPS) is 15.6. The third kappa shape index (κ3) is 4.84. The zero-order valence-electron chi connectivity index (χ0n) is 19.2. The molecule has 3 aromatic rings. The van der Waals surface area contributed by atoms with Gasteiger partial charge in [0.1, 0.15) is 22.8 Å². The number of aromatic carboxylic acids is 1. The number of benzene rings is 1. The number of nitrogens with one attached hydrogen (secondary N) is 1. The molecular weight excluding hydrogens is 423 g/mol. The van der Waals surface area contributed by atoms with Crippen LogP contribution in [0.3, 0.4) is 0 Å². The third-order valence-electron chi connectivity index (χ3n) is 6.34. The van der Waals surface area contributed by atoms with Crippen LogP contribution in [0.2, 0.25) is 0 Å². The van der Waals surface area contributed by atoms with Gasteiger partial charge >= 0.3 is 5.97 Å². The Balaban J connectivity index is 1.61. The number of pyridine rings is 1. The van der Waals surface area contributed by atoms with E-state index in [9.17, 15) is 19.1 Å². The van der Waals surface area contributed by atoms with E-state index in [0.29, 0.717) is 29.8 Å². The van der Waals surface area contributed by atoms with E-state index in [1.165, 1.54) is 6.07 Å². The summed E-state index contributed by atoms with van der Waals surface area (Å²) in [6.07, 6.45) is 4.35. The fourth-order valence-corrected chi connectivity index (χ4v) is 4.32. The summed E-state index contributed by atoms with van der Waals surface area (Å²) in [4.78, 5) is 31.3. The van der Waals surface area contributed by atoms with Gasteiger partial charge in [0.2, 0.25) is 0 Å². The van der Waals surface area contributed by atoms with Crippen molar-refractivity contribution in [2.75, 3.05) is 29.9 Å². The summed E-state index contributed by atoms with van der Waals surface area (Å²) >= 11 is 0. The lowest BCUT2D eigenvalue weighted by molar-refractivity contribution is 0.0693. The molecule has 174 valence electrons. The maximum Gasteiger partial charge on any atom is 0.340 e. The van der Waals surface area contributed by atoms with Crippen LogP contribution in [0.4, 0.5) is 15.9 Å². The highest BCUT2D eigenvalue weighted by Gasteiger charge is 2.26. The number of hydrogen-bond acceptors (Lipinski definition) is 5. The molecule has 8 heteroatoms. The van der Waals surface area contributed by atoms with E-state index >= 15 is 0 Å². The first-order valence-corrected chi connectivity index (χ1v) is 11.2. The summed E-state index contributed by atoms with van der Waals surface area (Å²) in [6.45, 7) is 8.51. The Bertz CT molecular complexity index is 1260. The van der Waals surface area contributed by atoms with E-state index < -0.39 is 11.8 Å². The van der Waals surface area contributed by atoms with Gasteiger partial charge in [-0.2, -0.15) is 0 Å².